The largest absolute Gasteiger partial charge is 0.394 e. The van der Waals surface area contributed by atoms with Gasteiger partial charge in [-0.3, -0.25) is 14.3 Å². The Bertz CT molecular complexity index is 665. The Morgan fingerprint density at radius 3 is 2.71 bits per heavy atom. The molecule has 8 heteroatoms. The summed E-state index contributed by atoms with van der Waals surface area (Å²) in [5, 5.41) is 9.47. The SMILES string of the molecule is CC1(C)OC2C(CO)OC(n3ccc(=O)[nH]c3=O)C2(C)O1. The van der Waals surface area contributed by atoms with Gasteiger partial charge in [0.05, 0.1) is 6.61 Å². The second-order valence-electron chi connectivity index (χ2n) is 5.95. The molecule has 0 aliphatic carbocycles. The van der Waals surface area contributed by atoms with Crippen LogP contribution >= 0.6 is 0 Å². The number of aromatic nitrogens is 2. The van der Waals surface area contributed by atoms with E-state index in [1.54, 1.807) is 20.8 Å². The molecule has 0 amide bonds. The number of aliphatic hydroxyl groups excluding tert-OH is 1. The van der Waals surface area contributed by atoms with Gasteiger partial charge in [-0.05, 0) is 20.8 Å². The highest BCUT2D eigenvalue weighted by Crippen LogP contribution is 2.50. The first-order chi connectivity index (χ1) is 9.77. The fraction of sp³-hybridized carbons (Fsp3) is 0.692. The molecule has 0 spiro atoms. The molecular formula is C13H18N2O6. The van der Waals surface area contributed by atoms with Crippen LogP contribution in [0, 0.1) is 0 Å². The molecule has 0 aromatic carbocycles. The molecule has 3 heterocycles. The Kier molecular flexibility index (Phi) is 3.10. The molecule has 0 saturated carbocycles. The van der Waals surface area contributed by atoms with Crippen molar-refractivity contribution in [2.75, 3.05) is 6.61 Å². The standard InChI is InChI=1S/C13H18N2O6/c1-12(2)20-9-7(6-16)19-10(13(9,3)21-12)15-5-4-8(17)14-11(15)18/h4-5,7,9-10,16H,6H2,1-3H3,(H,14,17,18). The number of hydrogen-bond acceptors (Lipinski definition) is 6. The molecule has 2 aliphatic rings. The zero-order chi connectivity index (χ0) is 15.4. The van der Waals surface area contributed by atoms with Gasteiger partial charge in [0.15, 0.2) is 12.0 Å². The second-order valence-corrected chi connectivity index (χ2v) is 5.95. The highest BCUT2D eigenvalue weighted by Gasteiger charge is 2.64. The lowest BCUT2D eigenvalue weighted by Gasteiger charge is -2.30. The Balaban J connectivity index is 2.07. The Labute approximate surface area is 120 Å². The lowest BCUT2D eigenvalue weighted by molar-refractivity contribution is -0.218. The summed E-state index contributed by atoms with van der Waals surface area (Å²) in [6.07, 6.45) is -0.574. The fourth-order valence-electron chi connectivity index (χ4n) is 3.13. The van der Waals surface area contributed by atoms with Crippen molar-refractivity contribution in [2.45, 2.75) is 50.6 Å². The van der Waals surface area contributed by atoms with E-state index in [2.05, 4.69) is 4.98 Å². The first-order valence-corrected chi connectivity index (χ1v) is 6.72. The van der Waals surface area contributed by atoms with Crippen LogP contribution < -0.4 is 11.2 Å². The fourth-order valence-corrected chi connectivity index (χ4v) is 3.13. The minimum Gasteiger partial charge on any atom is -0.394 e. The normalized spacial score (nSPS) is 37.6. The molecule has 4 atom stereocenters. The van der Waals surface area contributed by atoms with E-state index in [0.717, 1.165) is 0 Å². The molecule has 3 rings (SSSR count). The molecule has 2 aliphatic heterocycles. The van der Waals surface area contributed by atoms with Crippen LogP contribution in [-0.4, -0.2) is 44.9 Å². The minimum atomic E-state index is -0.945. The maximum atomic E-state index is 12.0. The Morgan fingerprint density at radius 2 is 2.10 bits per heavy atom. The number of nitrogens with zero attached hydrogens (tertiary/aromatic N) is 1. The zero-order valence-electron chi connectivity index (χ0n) is 12.0. The van der Waals surface area contributed by atoms with Crippen LogP contribution in [-0.2, 0) is 14.2 Å². The van der Waals surface area contributed by atoms with Crippen LogP contribution in [0.5, 0.6) is 0 Å². The van der Waals surface area contributed by atoms with E-state index in [1.165, 1.54) is 16.8 Å². The average Bonchev–Trinajstić information content (AvgIpc) is 2.76. The third kappa shape index (κ3) is 2.15. The second kappa shape index (κ2) is 4.51. The average molecular weight is 298 g/mol. The summed E-state index contributed by atoms with van der Waals surface area (Å²) in [5.41, 5.74) is -2.03. The van der Waals surface area contributed by atoms with E-state index in [4.69, 9.17) is 14.2 Å². The zero-order valence-corrected chi connectivity index (χ0v) is 12.0. The number of ether oxygens (including phenoxy) is 3. The van der Waals surface area contributed by atoms with Gasteiger partial charge in [0.2, 0.25) is 0 Å². The molecule has 1 aromatic heterocycles. The van der Waals surface area contributed by atoms with Crippen molar-refractivity contribution in [3.05, 3.63) is 33.1 Å². The highest BCUT2D eigenvalue weighted by atomic mass is 16.8. The maximum Gasteiger partial charge on any atom is 0.330 e. The molecule has 0 radical (unpaired) electrons. The van der Waals surface area contributed by atoms with E-state index in [0.29, 0.717) is 0 Å². The van der Waals surface area contributed by atoms with Crippen LogP contribution in [0.1, 0.15) is 27.0 Å². The summed E-state index contributed by atoms with van der Waals surface area (Å²) in [7, 11) is 0. The van der Waals surface area contributed by atoms with Gasteiger partial charge in [-0.1, -0.05) is 0 Å². The van der Waals surface area contributed by atoms with Crippen molar-refractivity contribution in [2.24, 2.45) is 0 Å². The lowest BCUT2D eigenvalue weighted by atomic mass is 9.96. The maximum absolute atomic E-state index is 12.0. The van der Waals surface area contributed by atoms with Gasteiger partial charge >= 0.3 is 5.69 Å². The van der Waals surface area contributed by atoms with E-state index in [9.17, 15) is 14.7 Å². The van der Waals surface area contributed by atoms with Crippen molar-refractivity contribution in [3.8, 4) is 0 Å². The summed E-state index contributed by atoms with van der Waals surface area (Å²) >= 11 is 0. The monoisotopic (exact) mass is 298 g/mol. The topological polar surface area (TPSA) is 103 Å². The van der Waals surface area contributed by atoms with Crippen LogP contribution in [0.15, 0.2) is 21.9 Å². The van der Waals surface area contributed by atoms with Crippen LogP contribution in [0.4, 0.5) is 0 Å². The summed E-state index contributed by atoms with van der Waals surface area (Å²) in [6.45, 7) is 5.04. The van der Waals surface area contributed by atoms with Crippen LogP contribution in [0.3, 0.4) is 0 Å². The minimum absolute atomic E-state index is 0.256. The molecule has 116 valence electrons. The number of rotatable bonds is 2. The van der Waals surface area contributed by atoms with Gasteiger partial charge < -0.3 is 19.3 Å². The van der Waals surface area contributed by atoms with Gasteiger partial charge in [-0.2, -0.15) is 0 Å². The van der Waals surface area contributed by atoms with E-state index in [-0.39, 0.29) is 6.61 Å². The molecular weight excluding hydrogens is 280 g/mol. The van der Waals surface area contributed by atoms with Gasteiger partial charge in [-0.25, -0.2) is 4.79 Å². The molecule has 21 heavy (non-hydrogen) atoms. The first-order valence-electron chi connectivity index (χ1n) is 6.72. The summed E-state index contributed by atoms with van der Waals surface area (Å²) in [4.78, 5) is 25.3. The summed E-state index contributed by atoms with van der Waals surface area (Å²) in [6, 6.07) is 1.23. The van der Waals surface area contributed by atoms with Crippen molar-refractivity contribution in [1.82, 2.24) is 9.55 Å². The quantitative estimate of drug-likeness (QED) is 0.751. The number of aromatic amines is 1. The van der Waals surface area contributed by atoms with Crippen molar-refractivity contribution in [3.63, 3.8) is 0 Å². The Hall–Kier alpha value is -1.48. The smallest absolute Gasteiger partial charge is 0.330 e. The molecule has 1 aromatic rings. The number of aliphatic hydroxyl groups is 1. The first kappa shape index (κ1) is 14.5. The molecule has 2 fully saturated rings. The predicted octanol–water partition coefficient (Wildman–Crippen LogP) is -0.663. The van der Waals surface area contributed by atoms with E-state index >= 15 is 0 Å². The third-order valence-corrected chi connectivity index (χ3v) is 3.86. The lowest BCUT2D eigenvalue weighted by Crippen LogP contribution is -2.45. The molecule has 2 saturated heterocycles. The van der Waals surface area contributed by atoms with Crippen molar-refractivity contribution in [1.29, 1.82) is 0 Å². The number of H-pyrrole nitrogens is 1. The molecule has 0 bridgehead atoms. The van der Waals surface area contributed by atoms with Crippen LogP contribution in [0.25, 0.3) is 0 Å². The Morgan fingerprint density at radius 1 is 1.38 bits per heavy atom. The van der Waals surface area contributed by atoms with Gasteiger partial charge in [-0.15, -0.1) is 0 Å². The van der Waals surface area contributed by atoms with Crippen molar-refractivity contribution < 1.29 is 19.3 Å². The number of fused-ring (bicyclic) bond motifs is 1. The highest BCUT2D eigenvalue weighted by molar-refractivity contribution is 5.06. The molecule has 2 N–H and O–H groups in total. The third-order valence-electron chi connectivity index (χ3n) is 3.86. The summed E-state index contributed by atoms with van der Waals surface area (Å²) < 4.78 is 18.7. The number of hydrogen-bond donors (Lipinski definition) is 2. The van der Waals surface area contributed by atoms with E-state index in [1.807, 2.05) is 0 Å². The number of nitrogens with one attached hydrogen (secondary N) is 1. The van der Waals surface area contributed by atoms with Gasteiger partial charge in [0.25, 0.3) is 5.56 Å². The molecule has 8 nitrogen and oxygen atoms in total. The summed E-state index contributed by atoms with van der Waals surface area (Å²) in [5.74, 6) is -0.847. The van der Waals surface area contributed by atoms with E-state index < -0.39 is 41.1 Å². The van der Waals surface area contributed by atoms with Gasteiger partial charge in [0, 0.05) is 12.3 Å². The van der Waals surface area contributed by atoms with Crippen LogP contribution in [0.2, 0.25) is 0 Å². The van der Waals surface area contributed by atoms with Crippen molar-refractivity contribution >= 4 is 0 Å². The molecule has 4 unspecified atom stereocenters. The van der Waals surface area contributed by atoms with Gasteiger partial charge in [0.1, 0.15) is 17.8 Å². The predicted molar refractivity (Wildman–Crippen MR) is 70.8 cm³/mol.